The van der Waals surface area contributed by atoms with E-state index in [0.29, 0.717) is 5.46 Å². The highest BCUT2D eigenvalue weighted by Gasteiger charge is 2.23. The number of benzene rings is 6. The molecule has 0 radical (unpaired) electrons. The van der Waals surface area contributed by atoms with Crippen molar-refractivity contribution in [1.82, 2.24) is 9.80 Å². The second-order valence-electron chi connectivity index (χ2n) is 13.7. The topological polar surface area (TPSA) is 65.4 Å². The lowest BCUT2D eigenvalue weighted by Crippen LogP contribution is -2.29. The second kappa shape index (κ2) is 19.8. The van der Waals surface area contributed by atoms with Crippen LogP contribution in [0.5, 0.6) is 0 Å². The number of fused-ring (bicyclic) bond motifs is 2. The van der Waals surface area contributed by atoms with Crippen molar-refractivity contribution in [3.63, 3.8) is 0 Å². The zero-order valence-corrected chi connectivity index (χ0v) is 32.6. The lowest BCUT2D eigenvalue weighted by atomic mass is 9.81. The van der Waals surface area contributed by atoms with Crippen LogP contribution in [0.3, 0.4) is 0 Å². The van der Waals surface area contributed by atoms with Crippen molar-refractivity contribution in [1.29, 1.82) is 0 Å². The molecule has 6 aromatic carbocycles. The highest BCUT2D eigenvalue weighted by molar-refractivity contribution is 9.10. The molecule has 0 aliphatic carbocycles. The van der Waals surface area contributed by atoms with Gasteiger partial charge in [0.15, 0.2) is 0 Å². The van der Waals surface area contributed by atoms with Crippen molar-refractivity contribution < 1.29 is 19.5 Å². The summed E-state index contributed by atoms with van der Waals surface area (Å²) < 4.78 is 13.5. The number of rotatable bonds is 4. The van der Waals surface area contributed by atoms with Gasteiger partial charge in [0.05, 0.1) is 13.2 Å². The van der Waals surface area contributed by atoms with Crippen LogP contribution in [0.2, 0.25) is 0 Å². The molecule has 2 N–H and O–H groups in total. The maximum atomic E-state index is 8.58. The summed E-state index contributed by atoms with van der Waals surface area (Å²) in [7, 11) is 2.95. The fourth-order valence-electron chi connectivity index (χ4n) is 6.78. The van der Waals surface area contributed by atoms with Gasteiger partial charge in [0.2, 0.25) is 0 Å². The van der Waals surface area contributed by atoms with Crippen LogP contribution in [0.25, 0.3) is 11.1 Å². The van der Waals surface area contributed by atoms with Gasteiger partial charge in [-0.1, -0.05) is 155 Å². The molecule has 2 aliphatic heterocycles. The van der Waals surface area contributed by atoms with Gasteiger partial charge in [-0.15, -0.1) is 0 Å². The number of hydrogen-bond acceptors (Lipinski definition) is 6. The molecular formula is C46H48BBrN2O4. The molecule has 0 saturated carbocycles. The molecule has 2 atom stereocenters. The standard InChI is InChI=1S/C23H23NO.C17H18BrNO.C6H7BO2/c1-24-14-15-25-23(19-10-6-3-7-11-19)22-13-12-20(16-21(22)17-24)18-8-4-2-5-9-18;1-19-9-10-20-17(13-5-3-2-4-6-13)16-8-7-15(18)11-14(16)12-19;8-7(9)6-4-2-1-3-5-6/h2-13,16,23H,14-15,17H2,1H3;2-8,11,17H,9-10,12H2,1H3;1-5,8-9H. The Labute approximate surface area is 328 Å². The largest absolute Gasteiger partial charge is 0.488 e. The lowest BCUT2D eigenvalue weighted by molar-refractivity contribution is 0.0553. The Kier molecular flexibility index (Phi) is 14.4. The monoisotopic (exact) mass is 782 g/mol. The predicted octanol–water partition coefficient (Wildman–Crippen LogP) is 8.27. The molecule has 0 aromatic heterocycles. The number of halogens is 1. The minimum absolute atomic E-state index is 0.00900. The van der Waals surface area contributed by atoms with E-state index in [0.717, 1.165) is 43.9 Å². The number of hydrogen-bond donors (Lipinski definition) is 2. The van der Waals surface area contributed by atoms with Crippen molar-refractivity contribution in [2.75, 3.05) is 40.4 Å². The van der Waals surface area contributed by atoms with E-state index in [9.17, 15) is 0 Å². The summed E-state index contributed by atoms with van der Waals surface area (Å²) in [6.07, 6.45) is 0.0442. The smallest absolute Gasteiger partial charge is 0.423 e. The zero-order valence-electron chi connectivity index (χ0n) is 31.0. The third kappa shape index (κ3) is 10.9. The van der Waals surface area contributed by atoms with E-state index in [4.69, 9.17) is 19.5 Å². The molecular weight excluding hydrogens is 735 g/mol. The van der Waals surface area contributed by atoms with Crippen LogP contribution in [0.1, 0.15) is 45.6 Å². The van der Waals surface area contributed by atoms with Crippen LogP contribution in [-0.2, 0) is 22.6 Å². The Morgan fingerprint density at radius 2 is 0.981 bits per heavy atom. The highest BCUT2D eigenvalue weighted by atomic mass is 79.9. The Morgan fingerprint density at radius 3 is 1.46 bits per heavy atom. The zero-order chi connectivity index (χ0) is 37.7. The van der Waals surface area contributed by atoms with E-state index >= 15 is 0 Å². The minimum Gasteiger partial charge on any atom is -0.423 e. The van der Waals surface area contributed by atoms with Gasteiger partial charge >= 0.3 is 7.12 Å². The maximum absolute atomic E-state index is 8.58. The molecule has 276 valence electrons. The van der Waals surface area contributed by atoms with Crippen molar-refractivity contribution in [3.8, 4) is 11.1 Å². The summed E-state index contributed by atoms with van der Waals surface area (Å²) in [6.45, 7) is 5.30. The van der Waals surface area contributed by atoms with Gasteiger partial charge in [0, 0.05) is 30.7 Å². The molecule has 0 bridgehead atoms. The lowest BCUT2D eigenvalue weighted by Gasteiger charge is -2.29. The molecule has 2 aliphatic rings. The Morgan fingerprint density at radius 1 is 0.537 bits per heavy atom. The minimum atomic E-state index is -1.34. The van der Waals surface area contributed by atoms with Crippen LogP contribution in [-0.4, -0.2) is 67.4 Å². The van der Waals surface area contributed by atoms with Gasteiger partial charge in [0.25, 0.3) is 0 Å². The third-order valence-corrected chi connectivity index (χ3v) is 10.1. The van der Waals surface area contributed by atoms with Gasteiger partial charge in [-0.25, -0.2) is 0 Å². The molecule has 54 heavy (non-hydrogen) atoms. The summed E-state index contributed by atoms with van der Waals surface area (Å²) in [5.74, 6) is 0. The van der Waals surface area contributed by atoms with Crippen LogP contribution in [0.15, 0.2) is 162 Å². The number of ether oxygens (including phenoxy) is 2. The van der Waals surface area contributed by atoms with Crippen LogP contribution in [0, 0.1) is 0 Å². The molecule has 2 unspecified atom stereocenters. The van der Waals surface area contributed by atoms with Crippen molar-refractivity contribution in [2.24, 2.45) is 0 Å². The fourth-order valence-corrected chi connectivity index (χ4v) is 7.19. The van der Waals surface area contributed by atoms with E-state index in [-0.39, 0.29) is 12.2 Å². The Hall–Kier alpha value is -4.38. The van der Waals surface area contributed by atoms with Crippen LogP contribution >= 0.6 is 15.9 Å². The SMILES string of the molecule is CN1CCOC(c2ccccc2)c2ccc(-c3ccccc3)cc2C1.CN1CCOC(c2ccccc2)c2ccc(Br)cc2C1.OB(O)c1ccccc1. The molecule has 0 amide bonds. The van der Waals surface area contributed by atoms with Gasteiger partial charge in [-0.3, -0.25) is 9.80 Å². The van der Waals surface area contributed by atoms with Gasteiger partial charge in [-0.05, 0) is 82.3 Å². The van der Waals surface area contributed by atoms with Crippen molar-refractivity contribution in [2.45, 2.75) is 25.3 Å². The average molecular weight is 784 g/mol. The van der Waals surface area contributed by atoms with E-state index in [2.05, 4.69) is 161 Å². The Balaban J connectivity index is 0.000000153. The molecule has 6 aromatic rings. The normalized spacial score (nSPS) is 17.4. The molecule has 8 rings (SSSR count). The maximum Gasteiger partial charge on any atom is 0.488 e. The van der Waals surface area contributed by atoms with Crippen LogP contribution < -0.4 is 5.46 Å². The molecule has 0 saturated heterocycles. The molecule has 2 heterocycles. The van der Waals surface area contributed by atoms with Gasteiger partial charge in [0.1, 0.15) is 12.2 Å². The van der Waals surface area contributed by atoms with E-state index < -0.39 is 7.12 Å². The molecule has 8 heteroatoms. The molecule has 0 fully saturated rings. The molecule has 6 nitrogen and oxygen atoms in total. The average Bonchev–Trinajstić information content (AvgIpc) is 3.19. The van der Waals surface area contributed by atoms with Gasteiger partial charge in [-0.2, -0.15) is 0 Å². The highest BCUT2D eigenvalue weighted by Crippen LogP contribution is 2.34. The first-order valence-electron chi connectivity index (χ1n) is 18.4. The number of nitrogens with zero attached hydrogens (tertiary/aromatic N) is 2. The van der Waals surface area contributed by atoms with Crippen molar-refractivity contribution in [3.05, 3.63) is 196 Å². The quantitative estimate of drug-likeness (QED) is 0.176. The first-order valence-corrected chi connectivity index (χ1v) is 19.2. The van der Waals surface area contributed by atoms with Gasteiger partial charge < -0.3 is 19.5 Å². The van der Waals surface area contributed by atoms with Crippen molar-refractivity contribution >= 4 is 28.5 Å². The number of likely N-dealkylation sites (N-methyl/N-ethyl adjacent to an activating group) is 2. The molecule has 0 spiro atoms. The first-order chi connectivity index (χ1) is 26.4. The summed E-state index contributed by atoms with van der Waals surface area (Å²) in [5.41, 5.74) is 10.7. The first kappa shape index (κ1) is 39.3. The third-order valence-electron chi connectivity index (χ3n) is 9.62. The van der Waals surface area contributed by atoms with E-state index in [1.165, 1.54) is 44.5 Å². The van der Waals surface area contributed by atoms with E-state index in [1.54, 1.807) is 24.3 Å². The predicted molar refractivity (Wildman–Crippen MR) is 223 cm³/mol. The Bertz CT molecular complexity index is 2020. The summed E-state index contributed by atoms with van der Waals surface area (Å²) in [6, 6.07) is 53.5. The summed E-state index contributed by atoms with van der Waals surface area (Å²) >= 11 is 3.57. The summed E-state index contributed by atoms with van der Waals surface area (Å²) in [4.78, 5) is 4.63. The summed E-state index contributed by atoms with van der Waals surface area (Å²) in [5, 5.41) is 17.2. The second-order valence-corrected chi connectivity index (χ2v) is 14.6. The fraction of sp³-hybridized carbons (Fsp3) is 0.217. The van der Waals surface area contributed by atoms with Crippen LogP contribution in [0.4, 0.5) is 0 Å². The van der Waals surface area contributed by atoms with E-state index in [1.807, 2.05) is 12.1 Å².